The van der Waals surface area contributed by atoms with Crippen molar-refractivity contribution in [1.82, 2.24) is 10.1 Å². The molecule has 2 heterocycles. The predicted molar refractivity (Wildman–Crippen MR) is 108 cm³/mol. The lowest BCUT2D eigenvalue weighted by molar-refractivity contribution is -0.0366. The van der Waals surface area contributed by atoms with E-state index in [1.165, 1.54) is 32.1 Å². The molecule has 0 N–H and O–H groups in total. The van der Waals surface area contributed by atoms with Gasteiger partial charge in [0, 0.05) is 36.7 Å². The number of likely N-dealkylation sites (tertiary alicyclic amines) is 1. The molecule has 1 aliphatic heterocycles. The number of ether oxygens (including phenoxy) is 1. The molecule has 1 aliphatic carbocycles. The summed E-state index contributed by atoms with van der Waals surface area (Å²) in [6.07, 6.45) is 6.53. The molecule has 1 saturated heterocycles. The second-order valence-electron chi connectivity index (χ2n) is 7.96. The van der Waals surface area contributed by atoms with Crippen molar-refractivity contribution in [1.29, 1.82) is 0 Å². The molecule has 27 heavy (non-hydrogen) atoms. The smallest absolute Gasteiger partial charge is 0.138 e. The minimum atomic E-state index is 0.292. The molecule has 0 bridgehead atoms. The Kier molecular flexibility index (Phi) is 5.52. The molecular formula is C21H26Cl2N2O2. The monoisotopic (exact) mass is 408 g/mol. The van der Waals surface area contributed by atoms with Crippen molar-refractivity contribution in [3.05, 3.63) is 39.6 Å². The Morgan fingerprint density at radius 1 is 1.26 bits per heavy atom. The Hall–Kier alpha value is -1.07. The van der Waals surface area contributed by atoms with E-state index < -0.39 is 0 Å². The Balaban J connectivity index is 1.61. The van der Waals surface area contributed by atoms with Crippen LogP contribution < -0.4 is 0 Å². The average molecular weight is 409 g/mol. The normalized spacial score (nSPS) is 26.1. The van der Waals surface area contributed by atoms with Crippen LogP contribution >= 0.6 is 23.2 Å². The van der Waals surface area contributed by atoms with Gasteiger partial charge in [-0.15, -0.1) is 0 Å². The van der Waals surface area contributed by atoms with Crippen molar-refractivity contribution >= 4 is 23.2 Å². The number of halogens is 2. The number of benzene rings is 1. The van der Waals surface area contributed by atoms with E-state index in [-0.39, 0.29) is 0 Å². The van der Waals surface area contributed by atoms with E-state index in [0.717, 1.165) is 42.2 Å². The molecule has 4 nitrogen and oxygen atoms in total. The van der Waals surface area contributed by atoms with Gasteiger partial charge < -0.3 is 9.26 Å². The van der Waals surface area contributed by atoms with Crippen molar-refractivity contribution < 1.29 is 9.26 Å². The first kappa shape index (κ1) is 19.3. The van der Waals surface area contributed by atoms with E-state index in [1.54, 1.807) is 0 Å². The Labute approximate surface area is 170 Å². The summed E-state index contributed by atoms with van der Waals surface area (Å²) in [6, 6.07) is 5.53. The molecule has 1 saturated carbocycles. The fraction of sp³-hybridized carbons (Fsp3) is 0.571. The van der Waals surface area contributed by atoms with Gasteiger partial charge in [-0.3, -0.25) is 4.90 Å². The maximum Gasteiger partial charge on any atom is 0.138 e. The number of methoxy groups -OCH3 is 1. The molecule has 2 aliphatic rings. The number of hydrogen-bond donors (Lipinski definition) is 0. The molecule has 1 aromatic carbocycles. The van der Waals surface area contributed by atoms with Crippen molar-refractivity contribution in [3.63, 3.8) is 0 Å². The van der Waals surface area contributed by atoms with Gasteiger partial charge in [-0.2, -0.15) is 0 Å². The molecule has 0 amide bonds. The van der Waals surface area contributed by atoms with Gasteiger partial charge in [0.1, 0.15) is 11.5 Å². The van der Waals surface area contributed by atoms with Gasteiger partial charge in [-0.25, -0.2) is 0 Å². The van der Waals surface area contributed by atoms with Crippen LogP contribution in [0.5, 0.6) is 0 Å². The van der Waals surface area contributed by atoms with Gasteiger partial charge >= 0.3 is 0 Å². The summed E-state index contributed by atoms with van der Waals surface area (Å²) < 4.78 is 11.4. The van der Waals surface area contributed by atoms with Crippen LogP contribution in [0.1, 0.15) is 43.4 Å². The van der Waals surface area contributed by atoms with Crippen LogP contribution in [-0.4, -0.2) is 36.4 Å². The van der Waals surface area contributed by atoms with Crippen molar-refractivity contribution in [2.24, 2.45) is 5.41 Å². The highest BCUT2D eigenvalue weighted by Crippen LogP contribution is 2.47. The third-order valence-electron chi connectivity index (χ3n) is 6.36. The summed E-state index contributed by atoms with van der Waals surface area (Å²) in [4.78, 5) is 2.52. The van der Waals surface area contributed by atoms with Crippen molar-refractivity contribution in [2.75, 3.05) is 20.2 Å². The second-order valence-corrected chi connectivity index (χ2v) is 8.77. The van der Waals surface area contributed by atoms with Gasteiger partial charge in [0.2, 0.25) is 0 Å². The number of aromatic nitrogens is 1. The van der Waals surface area contributed by atoms with Crippen LogP contribution in [0.2, 0.25) is 10.0 Å². The zero-order chi connectivity index (χ0) is 19.0. The maximum atomic E-state index is 6.43. The number of aryl methyl sites for hydroxylation is 1. The topological polar surface area (TPSA) is 38.5 Å². The van der Waals surface area contributed by atoms with Crippen LogP contribution in [0.25, 0.3) is 11.3 Å². The van der Waals surface area contributed by atoms with E-state index in [2.05, 4.69) is 10.1 Å². The first-order valence-corrected chi connectivity index (χ1v) is 10.4. The first-order valence-electron chi connectivity index (χ1n) is 9.69. The molecule has 2 atom stereocenters. The summed E-state index contributed by atoms with van der Waals surface area (Å²) >= 11 is 12.9. The van der Waals surface area contributed by atoms with Crippen LogP contribution in [-0.2, 0) is 11.3 Å². The lowest BCUT2D eigenvalue weighted by Crippen LogP contribution is -2.47. The summed E-state index contributed by atoms with van der Waals surface area (Å²) in [5, 5.41) is 5.50. The Morgan fingerprint density at radius 2 is 2.00 bits per heavy atom. The summed E-state index contributed by atoms with van der Waals surface area (Å²) in [5.41, 5.74) is 2.89. The Bertz CT molecular complexity index is 802. The zero-order valence-corrected chi connectivity index (χ0v) is 17.4. The predicted octanol–water partition coefficient (Wildman–Crippen LogP) is 5.74. The van der Waals surface area contributed by atoms with Gasteiger partial charge in [-0.1, -0.05) is 40.8 Å². The van der Waals surface area contributed by atoms with Crippen LogP contribution in [0.3, 0.4) is 0 Å². The lowest BCUT2D eigenvalue weighted by Gasteiger charge is -2.43. The second kappa shape index (κ2) is 7.75. The fourth-order valence-corrected chi connectivity index (χ4v) is 5.63. The third kappa shape index (κ3) is 3.53. The molecule has 2 fully saturated rings. The quantitative estimate of drug-likeness (QED) is 0.646. The van der Waals surface area contributed by atoms with Crippen molar-refractivity contribution in [3.8, 4) is 11.3 Å². The van der Waals surface area contributed by atoms with E-state index in [1.807, 2.05) is 32.2 Å². The standard InChI is InChI=1S/C21H26Cl2N2O2/c1-14-15(20(24-27-14)19-16(22)6-3-7-17(19)23)12-25-11-5-10-21(13-25)9-4-8-18(21)26-2/h3,6-7,18H,4-5,8-13H2,1-2H3/t18-,21+/m1/s1. The molecule has 1 spiro atoms. The van der Waals surface area contributed by atoms with E-state index in [9.17, 15) is 0 Å². The molecule has 0 unspecified atom stereocenters. The molecule has 4 rings (SSSR count). The highest BCUT2D eigenvalue weighted by atomic mass is 35.5. The molecule has 6 heteroatoms. The third-order valence-corrected chi connectivity index (χ3v) is 6.99. The number of rotatable bonds is 4. The SMILES string of the molecule is CO[C@@H]1CCC[C@@]12CCCN(Cc1c(-c3c(Cl)cccc3Cl)noc1C)C2. The summed E-state index contributed by atoms with van der Waals surface area (Å²) in [6.45, 7) is 4.90. The highest BCUT2D eigenvalue weighted by Gasteiger charge is 2.45. The van der Waals surface area contributed by atoms with Crippen LogP contribution in [0.15, 0.2) is 22.7 Å². The van der Waals surface area contributed by atoms with Crippen molar-refractivity contribution in [2.45, 2.75) is 51.7 Å². The minimum Gasteiger partial charge on any atom is -0.381 e. The van der Waals surface area contributed by atoms with E-state index >= 15 is 0 Å². The average Bonchev–Trinajstić information content (AvgIpc) is 3.19. The summed E-state index contributed by atoms with van der Waals surface area (Å²) in [5.74, 6) is 0.829. The lowest BCUT2D eigenvalue weighted by atomic mass is 9.76. The largest absolute Gasteiger partial charge is 0.381 e. The molecule has 2 aromatic rings. The fourth-order valence-electron chi connectivity index (χ4n) is 5.06. The number of nitrogens with zero attached hydrogens (tertiary/aromatic N) is 2. The van der Waals surface area contributed by atoms with Gasteiger partial charge in [0.15, 0.2) is 0 Å². The molecule has 1 aromatic heterocycles. The van der Waals surface area contributed by atoms with Crippen LogP contribution in [0.4, 0.5) is 0 Å². The van der Waals surface area contributed by atoms with Gasteiger partial charge in [-0.05, 0) is 51.3 Å². The highest BCUT2D eigenvalue weighted by molar-refractivity contribution is 6.39. The van der Waals surface area contributed by atoms with E-state index in [4.69, 9.17) is 32.5 Å². The minimum absolute atomic E-state index is 0.292. The maximum absolute atomic E-state index is 6.43. The van der Waals surface area contributed by atoms with E-state index in [0.29, 0.717) is 21.6 Å². The van der Waals surface area contributed by atoms with Gasteiger partial charge in [0.05, 0.1) is 16.1 Å². The number of piperidine rings is 1. The first-order chi connectivity index (χ1) is 13.0. The van der Waals surface area contributed by atoms with Crippen LogP contribution in [0, 0.1) is 12.3 Å². The molecule has 0 radical (unpaired) electrons. The number of hydrogen-bond acceptors (Lipinski definition) is 4. The summed E-state index contributed by atoms with van der Waals surface area (Å²) in [7, 11) is 1.86. The molecule has 146 valence electrons. The molecular weight excluding hydrogens is 383 g/mol. The van der Waals surface area contributed by atoms with Gasteiger partial charge in [0.25, 0.3) is 0 Å². The Morgan fingerprint density at radius 3 is 2.74 bits per heavy atom. The zero-order valence-electron chi connectivity index (χ0n) is 15.9.